The predicted octanol–water partition coefficient (Wildman–Crippen LogP) is -0.190. The highest BCUT2D eigenvalue weighted by atomic mass is 19.1. The second-order valence-electron chi connectivity index (χ2n) is 3.12. The van der Waals surface area contributed by atoms with Crippen LogP contribution in [0.5, 0.6) is 0 Å². The average molecular weight is 190 g/mol. The number of rotatable bonds is 1. The molecule has 0 saturated carbocycles. The second-order valence-corrected chi connectivity index (χ2v) is 3.12. The normalized spacial score (nSPS) is 28.5. The SMILES string of the molecule is NC(=O)C1CC(F)CN(C(=O)O)C1. The van der Waals surface area contributed by atoms with Gasteiger partial charge in [0.15, 0.2) is 0 Å². The number of carboxylic acid groups (broad SMARTS) is 1. The molecule has 2 unspecified atom stereocenters. The molecule has 3 N–H and O–H groups in total. The Labute approximate surface area is 74.3 Å². The van der Waals surface area contributed by atoms with E-state index in [1.165, 1.54) is 0 Å². The quantitative estimate of drug-likeness (QED) is 0.601. The molecule has 0 bridgehead atoms. The summed E-state index contributed by atoms with van der Waals surface area (Å²) >= 11 is 0. The van der Waals surface area contributed by atoms with E-state index in [4.69, 9.17) is 10.8 Å². The summed E-state index contributed by atoms with van der Waals surface area (Å²) in [7, 11) is 0. The Morgan fingerprint density at radius 3 is 2.54 bits per heavy atom. The fourth-order valence-electron chi connectivity index (χ4n) is 1.40. The molecule has 0 aromatic heterocycles. The largest absolute Gasteiger partial charge is 0.465 e. The molecule has 13 heavy (non-hydrogen) atoms. The summed E-state index contributed by atoms with van der Waals surface area (Å²) in [4.78, 5) is 22.1. The number of likely N-dealkylation sites (tertiary alicyclic amines) is 1. The Bertz CT molecular complexity index is 212. The molecule has 1 heterocycles. The Kier molecular flexibility index (Phi) is 2.69. The van der Waals surface area contributed by atoms with Crippen molar-refractivity contribution in [2.75, 3.05) is 13.1 Å². The summed E-state index contributed by atoms with van der Waals surface area (Å²) in [6.45, 7) is -0.162. The van der Waals surface area contributed by atoms with Gasteiger partial charge in [0.25, 0.3) is 0 Å². The van der Waals surface area contributed by atoms with E-state index in [1.54, 1.807) is 0 Å². The fraction of sp³-hybridized carbons (Fsp3) is 0.714. The van der Waals surface area contributed by atoms with Crippen molar-refractivity contribution in [3.05, 3.63) is 0 Å². The first-order valence-corrected chi connectivity index (χ1v) is 3.92. The van der Waals surface area contributed by atoms with Crippen molar-refractivity contribution in [1.82, 2.24) is 4.90 Å². The maximum absolute atomic E-state index is 12.9. The van der Waals surface area contributed by atoms with Crippen LogP contribution in [0.15, 0.2) is 0 Å². The summed E-state index contributed by atoms with van der Waals surface area (Å²) in [5.41, 5.74) is 4.97. The smallest absolute Gasteiger partial charge is 0.407 e. The second kappa shape index (κ2) is 3.59. The van der Waals surface area contributed by atoms with Crippen molar-refractivity contribution in [2.45, 2.75) is 12.6 Å². The monoisotopic (exact) mass is 190 g/mol. The van der Waals surface area contributed by atoms with Crippen molar-refractivity contribution >= 4 is 12.0 Å². The Balaban J connectivity index is 2.62. The van der Waals surface area contributed by atoms with Crippen LogP contribution < -0.4 is 5.73 Å². The van der Waals surface area contributed by atoms with E-state index in [-0.39, 0.29) is 19.5 Å². The third-order valence-corrected chi connectivity index (χ3v) is 2.07. The average Bonchev–Trinajstić information content (AvgIpc) is 2.03. The van der Waals surface area contributed by atoms with Crippen LogP contribution in [0, 0.1) is 5.92 Å². The standard InChI is InChI=1S/C7H11FN2O3/c8-5-1-4(6(9)11)2-10(3-5)7(12)13/h4-5H,1-3H2,(H2,9,11)(H,12,13). The van der Waals surface area contributed by atoms with Crippen LogP contribution in [-0.4, -0.2) is 41.3 Å². The molecule has 5 nitrogen and oxygen atoms in total. The molecular weight excluding hydrogens is 179 g/mol. The van der Waals surface area contributed by atoms with E-state index in [0.29, 0.717) is 0 Å². The van der Waals surface area contributed by atoms with Gasteiger partial charge in [-0.15, -0.1) is 0 Å². The number of hydrogen-bond donors (Lipinski definition) is 2. The fourth-order valence-corrected chi connectivity index (χ4v) is 1.40. The highest BCUT2D eigenvalue weighted by Crippen LogP contribution is 2.18. The van der Waals surface area contributed by atoms with Crippen molar-refractivity contribution in [2.24, 2.45) is 11.7 Å². The molecule has 1 rings (SSSR count). The number of carbonyl (C=O) groups is 2. The summed E-state index contributed by atoms with van der Waals surface area (Å²) < 4.78 is 12.9. The predicted molar refractivity (Wildman–Crippen MR) is 41.8 cm³/mol. The number of primary amides is 1. The highest BCUT2D eigenvalue weighted by Gasteiger charge is 2.32. The van der Waals surface area contributed by atoms with Crippen LogP contribution in [0.3, 0.4) is 0 Å². The zero-order valence-electron chi connectivity index (χ0n) is 6.94. The minimum Gasteiger partial charge on any atom is -0.465 e. The number of hydrogen-bond acceptors (Lipinski definition) is 2. The van der Waals surface area contributed by atoms with Crippen LogP contribution in [-0.2, 0) is 4.79 Å². The van der Waals surface area contributed by atoms with Crippen molar-refractivity contribution < 1.29 is 19.1 Å². The van der Waals surface area contributed by atoms with Gasteiger partial charge in [0.1, 0.15) is 6.17 Å². The van der Waals surface area contributed by atoms with Crippen LogP contribution >= 0.6 is 0 Å². The molecule has 0 spiro atoms. The van der Waals surface area contributed by atoms with Crippen molar-refractivity contribution in [3.63, 3.8) is 0 Å². The third-order valence-electron chi connectivity index (χ3n) is 2.07. The van der Waals surface area contributed by atoms with E-state index < -0.39 is 24.1 Å². The van der Waals surface area contributed by atoms with Gasteiger partial charge >= 0.3 is 6.09 Å². The molecule has 1 aliphatic heterocycles. The van der Waals surface area contributed by atoms with Gasteiger partial charge in [0, 0.05) is 6.54 Å². The van der Waals surface area contributed by atoms with E-state index in [2.05, 4.69) is 0 Å². The van der Waals surface area contributed by atoms with Gasteiger partial charge in [0.2, 0.25) is 5.91 Å². The molecule has 1 fully saturated rings. The third kappa shape index (κ3) is 2.30. The summed E-state index contributed by atoms with van der Waals surface area (Å²) in [5.74, 6) is -1.34. The van der Waals surface area contributed by atoms with E-state index in [1.807, 2.05) is 0 Å². The van der Waals surface area contributed by atoms with Crippen LogP contribution in [0.25, 0.3) is 0 Å². The molecule has 6 heteroatoms. The molecule has 2 atom stereocenters. The maximum atomic E-state index is 12.9. The molecule has 0 aliphatic carbocycles. The molecule has 1 aliphatic rings. The van der Waals surface area contributed by atoms with Crippen LogP contribution in [0.2, 0.25) is 0 Å². The summed E-state index contributed by atoms with van der Waals surface area (Å²) in [6, 6.07) is 0. The molecular formula is C7H11FN2O3. The molecule has 0 aromatic rings. The molecule has 0 aromatic carbocycles. The lowest BCUT2D eigenvalue weighted by molar-refractivity contribution is -0.124. The topological polar surface area (TPSA) is 83.6 Å². The lowest BCUT2D eigenvalue weighted by Crippen LogP contribution is -2.48. The lowest BCUT2D eigenvalue weighted by atomic mass is 9.96. The van der Waals surface area contributed by atoms with Gasteiger partial charge in [-0.3, -0.25) is 4.79 Å². The molecule has 1 saturated heterocycles. The number of halogens is 1. The Morgan fingerprint density at radius 1 is 1.46 bits per heavy atom. The first kappa shape index (κ1) is 9.76. The number of piperidine rings is 1. The van der Waals surface area contributed by atoms with Crippen LogP contribution in [0.1, 0.15) is 6.42 Å². The Morgan fingerprint density at radius 2 is 2.08 bits per heavy atom. The van der Waals surface area contributed by atoms with Gasteiger partial charge < -0.3 is 15.7 Å². The zero-order valence-corrected chi connectivity index (χ0v) is 6.94. The summed E-state index contributed by atoms with van der Waals surface area (Å²) in [6.07, 6.45) is -2.48. The van der Waals surface area contributed by atoms with E-state index in [0.717, 1.165) is 4.90 Å². The van der Waals surface area contributed by atoms with Crippen LogP contribution in [0.4, 0.5) is 9.18 Å². The molecule has 0 radical (unpaired) electrons. The van der Waals surface area contributed by atoms with E-state index in [9.17, 15) is 14.0 Å². The van der Waals surface area contributed by atoms with Gasteiger partial charge in [-0.05, 0) is 6.42 Å². The van der Waals surface area contributed by atoms with Crippen molar-refractivity contribution in [1.29, 1.82) is 0 Å². The van der Waals surface area contributed by atoms with Gasteiger partial charge in [-0.1, -0.05) is 0 Å². The first-order valence-electron chi connectivity index (χ1n) is 3.92. The highest BCUT2D eigenvalue weighted by molar-refractivity contribution is 5.78. The number of nitrogens with two attached hydrogens (primary N) is 1. The summed E-state index contributed by atoms with van der Waals surface area (Å²) in [5, 5.41) is 8.56. The molecule has 2 amide bonds. The van der Waals surface area contributed by atoms with Crippen molar-refractivity contribution in [3.8, 4) is 0 Å². The zero-order chi connectivity index (χ0) is 10.0. The number of nitrogens with zero attached hydrogens (tertiary/aromatic N) is 1. The number of amides is 2. The number of alkyl halides is 1. The van der Waals surface area contributed by atoms with E-state index >= 15 is 0 Å². The lowest BCUT2D eigenvalue weighted by Gasteiger charge is -2.31. The minimum atomic E-state index is -1.29. The maximum Gasteiger partial charge on any atom is 0.407 e. The van der Waals surface area contributed by atoms with Gasteiger partial charge in [0.05, 0.1) is 12.5 Å². The molecule has 74 valence electrons. The van der Waals surface area contributed by atoms with Gasteiger partial charge in [-0.25, -0.2) is 9.18 Å². The first-order chi connectivity index (χ1) is 6.00. The number of carbonyl (C=O) groups excluding carboxylic acids is 1. The Hall–Kier alpha value is -1.33. The van der Waals surface area contributed by atoms with Gasteiger partial charge in [-0.2, -0.15) is 0 Å². The minimum absolute atomic E-state index is 0.00505.